The maximum absolute atomic E-state index is 13.1. The Morgan fingerprint density at radius 2 is 1.68 bits per heavy atom. The van der Waals surface area contributed by atoms with E-state index in [0.29, 0.717) is 49.1 Å². The van der Waals surface area contributed by atoms with E-state index in [-0.39, 0.29) is 5.91 Å². The number of fused-ring (bicyclic) bond motifs is 1. The highest BCUT2D eigenvalue weighted by molar-refractivity contribution is 7.89. The lowest BCUT2D eigenvalue weighted by Crippen LogP contribution is -2.48. The molecule has 0 atom stereocenters. The van der Waals surface area contributed by atoms with Crippen LogP contribution in [-0.4, -0.2) is 51.4 Å². The normalized spacial score (nSPS) is 17.6. The van der Waals surface area contributed by atoms with Crippen molar-refractivity contribution < 1.29 is 13.2 Å². The Balaban J connectivity index is 1.51. The monoisotopic (exact) mass is 419 g/mol. The van der Waals surface area contributed by atoms with E-state index in [2.05, 4.69) is 4.90 Å². The number of halogens is 1. The highest BCUT2D eigenvalue weighted by Gasteiger charge is 2.31. The lowest BCUT2D eigenvalue weighted by atomic mass is 10.2. The van der Waals surface area contributed by atoms with Crippen molar-refractivity contribution in [2.45, 2.75) is 18.2 Å². The van der Waals surface area contributed by atoms with Gasteiger partial charge in [-0.1, -0.05) is 23.7 Å². The molecule has 2 aromatic rings. The topological polar surface area (TPSA) is 60.9 Å². The Bertz CT molecular complexity index is 1020. The van der Waals surface area contributed by atoms with Crippen molar-refractivity contribution in [1.82, 2.24) is 4.31 Å². The number of carbonyl (C=O) groups is 1. The van der Waals surface area contributed by atoms with Crippen LogP contribution < -0.4 is 9.80 Å². The fourth-order valence-electron chi connectivity index (χ4n) is 3.89. The third kappa shape index (κ3) is 3.38. The van der Waals surface area contributed by atoms with Crippen LogP contribution in [0.1, 0.15) is 12.5 Å². The number of para-hydroxylation sites is 1. The molecule has 0 aromatic heterocycles. The summed E-state index contributed by atoms with van der Waals surface area (Å²) in [7, 11) is -3.57. The molecule has 0 spiro atoms. The predicted octanol–water partition coefficient (Wildman–Crippen LogP) is 2.76. The first-order valence-electron chi connectivity index (χ1n) is 9.28. The Kier molecular flexibility index (Phi) is 5.07. The molecule has 4 rings (SSSR count). The molecule has 0 bridgehead atoms. The maximum Gasteiger partial charge on any atom is 0.243 e. The zero-order chi connectivity index (χ0) is 19.9. The van der Waals surface area contributed by atoms with Crippen LogP contribution in [0.25, 0.3) is 0 Å². The van der Waals surface area contributed by atoms with Gasteiger partial charge < -0.3 is 9.80 Å². The smallest absolute Gasteiger partial charge is 0.243 e. The molecule has 2 aliphatic heterocycles. The molecular weight excluding hydrogens is 398 g/mol. The summed E-state index contributed by atoms with van der Waals surface area (Å²) in [4.78, 5) is 15.8. The van der Waals surface area contributed by atoms with Gasteiger partial charge in [0.25, 0.3) is 0 Å². The van der Waals surface area contributed by atoms with Crippen molar-refractivity contribution in [3.63, 3.8) is 0 Å². The molecule has 8 heteroatoms. The second-order valence-corrected chi connectivity index (χ2v) is 9.40. The van der Waals surface area contributed by atoms with E-state index in [9.17, 15) is 13.2 Å². The number of sulfonamides is 1. The predicted molar refractivity (Wildman–Crippen MR) is 111 cm³/mol. The van der Waals surface area contributed by atoms with E-state index in [1.165, 1.54) is 11.2 Å². The summed E-state index contributed by atoms with van der Waals surface area (Å²) in [6, 6.07) is 12.7. The maximum atomic E-state index is 13.1. The molecule has 2 aliphatic rings. The number of piperazine rings is 1. The molecule has 6 nitrogen and oxygen atoms in total. The van der Waals surface area contributed by atoms with Gasteiger partial charge in [0.05, 0.1) is 15.6 Å². The lowest BCUT2D eigenvalue weighted by Gasteiger charge is -2.35. The van der Waals surface area contributed by atoms with Crippen LogP contribution >= 0.6 is 11.6 Å². The van der Waals surface area contributed by atoms with Gasteiger partial charge >= 0.3 is 0 Å². The molecule has 0 radical (unpaired) electrons. The quantitative estimate of drug-likeness (QED) is 0.767. The molecule has 1 fully saturated rings. The van der Waals surface area contributed by atoms with E-state index in [4.69, 9.17) is 11.6 Å². The average molecular weight is 420 g/mol. The van der Waals surface area contributed by atoms with Crippen LogP contribution in [0.2, 0.25) is 5.02 Å². The van der Waals surface area contributed by atoms with Crippen molar-refractivity contribution in [2.75, 3.05) is 42.5 Å². The molecule has 0 N–H and O–H groups in total. The van der Waals surface area contributed by atoms with Gasteiger partial charge in [0, 0.05) is 45.3 Å². The molecule has 1 saturated heterocycles. The summed E-state index contributed by atoms with van der Waals surface area (Å²) in [5, 5.41) is 0.674. The molecule has 2 aromatic carbocycles. The number of hydrogen-bond acceptors (Lipinski definition) is 4. The first-order valence-corrected chi connectivity index (χ1v) is 11.1. The van der Waals surface area contributed by atoms with E-state index in [0.717, 1.165) is 16.9 Å². The molecule has 2 heterocycles. The van der Waals surface area contributed by atoms with Gasteiger partial charge in [-0.05, 0) is 42.3 Å². The number of rotatable bonds is 3. The number of amides is 1. The van der Waals surface area contributed by atoms with Crippen LogP contribution in [0.15, 0.2) is 47.4 Å². The minimum atomic E-state index is -3.57. The summed E-state index contributed by atoms with van der Waals surface area (Å²) in [5.41, 5.74) is 2.66. The summed E-state index contributed by atoms with van der Waals surface area (Å²) in [6.45, 7) is 4.12. The summed E-state index contributed by atoms with van der Waals surface area (Å²) in [6.07, 6.45) is 0.679. The Morgan fingerprint density at radius 3 is 2.36 bits per heavy atom. The highest BCUT2D eigenvalue weighted by atomic mass is 35.5. The lowest BCUT2D eigenvalue weighted by molar-refractivity contribution is -0.116. The summed E-state index contributed by atoms with van der Waals surface area (Å²) >= 11 is 6.27. The van der Waals surface area contributed by atoms with E-state index in [1.807, 2.05) is 24.3 Å². The third-order valence-corrected chi connectivity index (χ3v) is 7.61. The number of anilines is 2. The second-order valence-electron chi connectivity index (χ2n) is 7.05. The van der Waals surface area contributed by atoms with Gasteiger partial charge in [-0.15, -0.1) is 0 Å². The molecule has 148 valence electrons. The van der Waals surface area contributed by atoms with Crippen LogP contribution in [0.5, 0.6) is 0 Å². The molecule has 1 amide bonds. The zero-order valence-corrected chi connectivity index (χ0v) is 17.2. The van der Waals surface area contributed by atoms with Crippen molar-refractivity contribution >= 4 is 38.9 Å². The van der Waals surface area contributed by atoms with Crippen molar-refractivity contribution in [3.05, 3.63) is 53.1 Å². The van der Waals surface area contributed by atoms with Crippen LogP contribution in [0.4, 0.5) is 11.4 Å². The van der Waals surface area contributed by atoms with E-state index >= 15 is 0 Å². The number of hydrogen-bond donors (Lipinski definition) is 0. The van der Waals surface area contributed by atoms with Gasteiger partial charge in [-0.3, -0.25) is 4.79 Å². The Hall–Kier alpha value is -2.09. The summed E-state index contributed by atoms with van der Waals surface area (Å²) in [5.74, 6) is -0.0231. The first kappa shape index (κ1) is 19.2. The number of nitrogens with zero attached hydrogens (tertiary/aromatic N) is 3. The van der Waals surface area contributed by atoms with Gasteiger partial charge in [-0.2, -0.15) is 4.31 Å². The van der Waals surface area contributed by atoms with Crippen molar-refractivity contribution in [1.29, 1.82) is 0 Å². The minimum absolute atomic E-state index is 0.0231. The van der Waals surface area contributed by atoms with Crippen molar-refractivity contribution in [3.8, 4) is 0 Å². The third-order valence-electron chi connectivity index (χ3n) is 5.40. The fraction of sp³-hybridized carbons (Fsp3) is 0.350. The largest absolute Gasteiger partial charge is 0.368 e. The Morgan fingerprint density at radius 1 is 0.964 bits per heavy atom. The Labute approximate surface area is 170 Å². The molecule has 0 aliphatic carbocycles. The number of benzene rings is 2. The highest BCUT2D eigenvalue weighted by Crippen LogP contribution is 2.32. The minimum Gasteiger partial charge on any atom is -0.368 e. The molecular formula is C20H22ClN3O3S. The molecule has 0 saturated carbocycles. The molecule has 0 unspecified atom stereocenters. The average Bonchev–Trinajstić information content (AvgIpc) is 3.12. The van der Waals surface area contributed by atoms with Gasteiger partial charge in [0.1, 0.15) is 0 Å². The molecule has 28 heavy (non-hydrogen) atoms. The van der Waals surface area contributed by atoms with Crippen molar-refractivity contribution in [2.24, 2.45) is 0 Å². The van der Waals surface area contributed by atoms with Crippen LogP contribution in [0, 0.1) is 0 Å². The van der Waals surface area contributed by atoms with E-state index in [1.54, 1.807) is 23.1 Å². The summed E-state index contributed by atoms with van der Waals surface area (Å²) < 4.78 is 27.8. The van der Waals surface area contributed by atoms with Crippen LogP contribution in [0.3, 0.4) is 0 Å². The second kappa shape index (κ2) is 7.39. The SMILES string of the molecule is CC(=O)N1CCc2cc(S(=O)(=O)N3CCN(c4ccccc4Cl)CC3)ccc21. The standard InChI is InChI=1S/C20H22ClN3O3S/c1-15(25)24-9-8-16-14-17(6-7-19(16)24)28(26,27)23-12-10-22(11-13-23)20-5-3-2-4-18(20)21/h2-7,14H,8-13H2,1H3. The van der Waals surface area contributed by atoms with Gasteiger partial charge in [-0.25, -0.2) is 8.42 Å². The number of carbonyl (C=O) groups excluding carboxylic acids is 1. The van der Waals surface area contributed by atoms with Gasteiger partial charge in [0.2, 0.25) is 15.9 Å². The first-order chi connectivity index (χ1) is 13.4. The van der Waals surface area contributed by atoms with Crippen LogP contribution in [-0.2, 0) is 21.2 Å². The van der Waals surface area contributed by atoms with Gasteiger partial charge in [0.15, 0.2) is 0 Å². The fourth-order valence-corrected chi connectivity index (χ4v) is 5.62. The zero-order valence-electron chi connectivity index (χ0n) is 15.6. The van der Waals surface area contributed by atoms with E-state index < -0.39 is 10.0 Å².